The Bertz CT molecular complexity index is 1490. The standard InChI is InChI=1S/C18H12ClF8NO6S3/c19-10-1-4-13(5-2-10)35(29,30)16(14-7-11(20)3-6-15(14)21)8-12(9-16)28(36(31,32)17(22,23)24)37(33,34)18(25,26)27/h1-7,12H,8-9H2/t12-,16+. The third kappa shape index (κ3) is 4.70. The molecule has 0 aromatic heterocycles. The smallest absolute Gasteiger partial charge is 0.223 e. The molecule has 1 saturated carbocycles. The van der Waals surface area contributed by atoms with E-state index < -0.39 is 90.3 Å². The van der Waals surface area contributed by atoms with Crippen molar-refractivity contribution in [1.29, 1.82) is 0 Å². The summed E-state index contributed by atoms with van der Waals surface area (Å²) in [5.74, 6) is -2.71. The summed E-state index contributed by atoms with van der Waals surface area (Å²) < 4.78 is 178. The maximum Gasteiger partial charge on any atom is 0.512 e. The topological polar surface area (TPSA) is 106 Å². The van der Waals surface area contributed by atoms with E-state index in [0.717, 1.165) is 24.3 Å². The summed E-state index contributed by atoms with van der Waals surface area (Å²) in [5.41, 5.74) is -14.2. The predicted octanol–water partition coefficient (Wildman–Crippen LogP) is 4.45. The van der Waals surface area contributed by atoms with Gasteiger partial charge in [0.1, 0.15) is 16.4 Å². The maximum absolute atomic E-state index is 14.7. The highest BCUT2D eigenvalue weighted by molar-refractivity contribution is 8.04. The molecular weight excluding hydrogens is 610 g/mol. The molecule has 19 heteroatoms. The van der Waals surface area contributed by atoms with Gasteiger partial charge in [0.25, 0.3) is 0 Å². The van der Waals surface area contributed by atoms with Crippen LogP contribution < -0.4 is 0 Å². The largest absolute Gasteiger partial charge is 0.512 e. The van der Waals surface area contributed by atoms with Crippen molar-refractivity contribution in [1.82, 2.24) is 3.71 Å². The van der Waals surface area contributed by atoms with Gasteiger partial charge in [0.2, 0.25) is 0 Å². The zero-order valence-corrected chi connectivity index (χ0v) is 20.8. The summed E-state index contributed by atoms with van der Waals surface area (Å²) in [5, 5.41) is -0.00450. The third-order valence-corrected chi connectivity index (χ3v) is 12.2. The summed E-state index contributed by atoms with van der Waals surface area (Å²) in [6, 6.07) is 2.22. The van der Waals surface area contributed by atoms with Gasteiger partial charge >= 0.3 is 31.1 Å². The highest BCUT2D eigenvalue weighted by Gasteiger charge is 2.69. The average molecular weight is 622 g/mol. The molecule has 0 unspecified atom stereocenters. The fourth-order valence-corrected chi connectivity index (χ4v) is 9.22. The third-order valence-electron chi connectivity index (χ3n) is 5.55. The lowest BCUT2D eigenvalue weighted by Gasteiger charge is -2.49. The molecule has 0 aliphatic heterocycles. The summed E-state index contributed by atoms with van der Waals surface area (Å²) in [6.07, 6.45) is -3.22. The number of sulfonamides is 2. The molecule has 37 heavy (non-hydrogen) atoms. The van der Waals surface area contributed by atoms with E-state index in [1.807, 2.05) is 0 Å². The fourth-order valence-electron chi connectivity index (χ4n) is 3.85. The quantitative estimate of drug-likeness (QED) is 0.442. The number of benzene rings is 2. The van der Waals surface area contributed by atoms with Crippen LogP contribution in [0.2, 0.25) is 5.02 Å². The van der Waals surface area contributed by atoms with Crippen LogP contribution >= 0.6 is 11.6 Å². The molecule has 3 rings (SSSR count). The molecule has 1 aliphatic carbocycles. The van der Waals surface area contributed by atoms with Gasteiger partial charge in [-0.15, -0.1) is 0 Å². The van der Waals surface area contributed by atoms with Crippen molar-refractivity contribution in [2.24, 2.45) is 0 Å². The van der Waals surface area contributed by atoms with Crippen molar-refractivity contribution in [3.05, 3.63) is 64.7 Å². The van der Waals surface area contributed by atoms with Crippen molar-refractivity contribution < 1.29 is 60.4 Å². The molecule has 0 radical (unpaired) electrons. The number of hydrogen-bond acceptors (Lipinski definition) is 6. The summed E-state index contributed by atoms with van der Waals surface area (Å²) in [4.78, 5) is -0.692. The molecule has 0 N–H and O–H groups in total. The highest BCUT2D eigenvalue weighted by atomic mass is 35.5. The second-order valence-corrected chi connectivity index (χ2v) is 14.3. The lowest BCUT2D eigenvalue weighted by atomic mass is 9.75. The lowest BCUT2D eigenvalue weighted by Crippen LogP contribution is -2.63. The first-order valence-corrected chi connectivity index (χ1v) is 14.2. The number of hydrogen-bond donors (Lipinski definition) is 0. The SMILES string of the molecule is O=S(=O)(N([C@H]1C[C@@](c2cc(F)ccc2F)(S(=O)(=O)c2ccc(Cl)cc2)C1)S(=O)(=O)C(F)(F)F)C(F)(F)F. The van der Waals surface area contributed by atoms with Gasteiger partial charge in [0.05, 0.1) is 4.90 Å². The van der Waals surface area contributed by atoms with Gasteiger partial charge in [-0.2, -0.15) is 26.3 Å². The second kappa shape index (κ2) is 9.03. The first kappa shape index (κ1) is 29.5. The molecule has 0 atom stereocenters. The van der Waals surface area contributed by atoms with E-state index in [1.54, 1.807) is 0 Å². The Balaban J connectivity index is 2.27. The van der Waals surface area contributed by atoms with E-state index in [2.05, 4.69) is 0 Å². The van der Waals surface area contributed by atoms with E-state index in [-0.39, 0.29) is 5.02 Å². The van der Waals surface area contributed by atoms with Gasteiger partial charge in [-0.3, -0.25) is 0 Å². The van der Waals surface area contributed by atoms with Crippen molar-refractivity contribution in [2.75, 3.05) is 0 Å². The van der Waals surface area contributed by atoms with E-state index >= 15 is 0 Å². The van der Waals surface area contributed by atoms with Gasteiger partial charge in [0.15, 0.2) is 9.84 Å². The van der Waals surface area contributed by atoms with E-state index in [1.165, 1.54) is 0 Å². The van der Waals surface area contributed by atoms with E-state index in [9.17, 15) is 60.4 Å². The molecule has 0 spiro atoms. The summed E-state index contributed by atoms with van der Waals surface area (Å²) >= 11 is 5.68. The first-order valence-electron chi connectivity index (χ1n) is 9.47. The van der Waals surface area contributed by atoms with Crippen molar-refractivity contribution in [3.63, 3.8) is 0 Å². The van der Waals surface area contributed by atoms with Crippen LogP contribution in [-0.2, 0) is 34.6 Å². The normalized spacial score (nSPS) is 21.6. The van der Waals surface area contributed by atoms with Crippen LogP contribution in [-0.4, -0.2) is 46.0 Å². The minimum Gasteiger partial charge on any atom is -0.223 e. The minimum atomic E-state index is -7.26. The molecule has 1 fully saturated rings. The van der Waals surface area contributed by atoms with Crippen LogP contribution in [0.3, 0.4) is 0 Å². The Kier molecular flexibility index (Phi) is 7.21. The Morgan fingerprint density at radius 3 is 1.68 bits per heavy atom. The van der Waals surface area contributed by atoms with Crippen LogP contribution in [0.1, 0.15) is 18.4 Å². The molecule has 7 nitrogen and oxygen atoms in total. The molecule has 2 aromatic carbocycles. The lowest BCUT2D eigenvalue weighted by molar-refractivity contribution is -0.0562. The van der Waals surface area contributed by atoms with Crippen LogP contribution in [0.25, 0.3) is 0 Å². The van der Waals surface area contributed by atoms with Crippen LogP contribution in [0, 0.1) is 11.6 Å². The Labute approximate surface area is 209 Å². The number of rotatable bonds is 6. The van der Waals surface area contributed by atoms with E-state index in [4.69, 9.17) is 11.6 Å². The number of nitrogens with zero attached hydrogens (tertiary/aromatic N) is 1. The molecule has 1 aliphatic rings. The monoisotopic (exact) mass is 621 g/mol. The van der Waals surface area contributed by atoms with Gasteiger partial charge in [0, 0.05) is 16.6 Å². The van der Waals surface area contributed by atoms with E-state index in [0.29, 0.717) is 18.2 Å². The first-order chi connectivity index (χ1) is 16.6. The maximum atomic E-state index is 14.7. The van der Waals surface area contributed by atoms with Gasteiger partial charge in [-0.25, -0.2) is 34.0 Å². The minimum absolute atomic E-state index is 0.00450. The molecule has 0 amide bonds. The molecule has 0 heterocycles. The van der Waals surface area contributed by atoms with Gasteiger partial charge in [-0.1, -0.05) is 15.3 Å². The molecule has 2 aromatic rings. The second-order valence-electron chi connectivity index (χ2n) is 7.76. The Morgan fingerprint density at radius 1 is 0.784 bits per heavy atom. The molecule has 0 saturated heterocycles. The fraction of sp³-hybridized carbons (Fsp3) is 0.333. The molecule has 206 valence electrons. The van der Waals surface area contributed by atoms with Crippen molar-refractivity contribution >= 4 is 41.5 Å². The zero-order chi connectivity index (χ0) is 28.4. The zero-order valence-electron chi connectivity index (χ0n) is 17.6. The average Bonchev–Trinajstić information content (AvgIpc) is 2.70. The molecule has 0 bridgehead atoms. The predicted molar refractivity (Wildman–Crippen MR) is 111 cm³/mol. The number of alkyl halides is 6. The van der Waals surface area contributed by atoms with Crippen LogP contribution in [0.4, 0.5) is 35.1 Å². The van der Waals surface area contributed by atoms with Crippen LogP contribution in [0.5, 0.6) is 0 Å². The number of halogens is 9. The van der Waals surface area contributed by atoms with Gasteiger partial charge < -0.3 is 0 Å². The summed E-state index contributed by atoms with van der Waals surface area (Å²) in [6.45, 7) is 0. The van der Waals surface area contributed by atoms with Gasteiger partial charge in [-0.05, 0) is 55.3 Å². The molecular formula is C18H12ClF8NO6S3. The van der Waals surface area contributed by atoms with Crippen molar-refractivity contribution in [3.8, 4) is 0 Å². The Morgan fingerprint density at radius 2 is 1.24 bits per heavy atom. The highest BCUT2D eigenvalue weighted by Crippen LogP contribution is 2.55. The van der Waals surface area contributed by atoms with Crippen LogP contribution in [0.15, 0.2) is 47.4 Å². The van der Waals surface area contributed by atoms with Crippen molar-refractivity contribution in [2.45, 2.75) is 39.5 Å². The number of sulfone groups is 1. The Hall–Kier alpha value is -2.02. The summed E-state index contributed by atoms with van der Waals surface area (Å²) in [7, 11) is -19.6.